The van der Waals surface area contributed by atoms with Crippen LogP contribution >= 0.6 is 35.7 Å². The van der Waals surface area contributed by atoms with Gasteiger partial charge in [-0.15, -0.1) is 11.8 Å². The third-order valence-electron chi connectivity index (χ3n) is 8.51. The molecule has 0 spiro atoms. The van der Waals surface area contributed by atoms with E-state index in [0.29, 0.717) is 17.7 Å². The first kappa shape index (κ1) is 24.0. The number of hydrogen-bond donors (Lipinski definition) is 3. The Balaban J connectivity index is 1.19. The summed E-state index contributed by atoms with van der Waals surface area (Å²) < 4.78 is 0. The lowest BCUT2D eigenvalue weighted by Crippen LogP contribution is -2.46. The van der Waals surface area contributed by atoms with Gasteiger partial charge in [0.25, 0.3) is 0 Å². The minimum Gasteiger partial charge on any atom is -0.330 e. The van der Waals surface area contributed by atoms with Crippen LogP contribution < -0.4 is 16.2 Å². The van der Waals surface area contributed by atoms with Gasteiger partial charge in [-0.2, -0.15) is 11.8 Å². The average Bonchev–Trinajstić information content (AvgIpc) is 3.55. The lowest BCUT2D eigenvalue weighted by Gasteiger charge is -2.37. The molecule has 3 aliphatic heterocycles. The Bertz CT molecular complexity index is 617. The summed E-state index contributed by atoms with van der Waals surface area (Å²) in [5.74, 6) is 4.15. The van der Waals surface area contributed by atoms with Crippen LogP contribution in [0.15, 0.2) is 0 Å². The molecule has 5 aliphatic rings. The Morgan fingerprint density at radius 1 is 1.03 bits per heavy atom. The van der Waals surface area contributed by atoms with Crippen LogP contribution in [0.25, 0.3) is 0 Å². The summed E-state index contributed by atoms with van der Waals surface area (Å²) in [7, 11) is 0. The summed E-state index contributed by atoms with van der Waals surface area (Å²) in [6.07, 6.45) is 15.6. The second-order valence-corrected chi connectivity index (χ2v) is 13.7. The number of thiocarbonyl (C=S) groups is 1. The van der Waals surface area contributed by atoms with Crippen molar-refractivity contribution in [1.82, 2.24) is 26.0 Å². The van der Waals surface area contributed by atoms with Crippen molar-refractivity contribution in [3.05, 3.63) is 0 Å². The van der Waals surface area contributed by atoms with E-state index in [1.807, 2.05) is 0 Å². The van der Waals surface area contributed by atoms with Gasteiger partial charge >= 0.3 is 0 Å². The van der Waals surface area contributed by atoms with Crippen LogP contribution in [0.1, 0.15) is 77.6 Å². The topological polar surface area (TPSA) is 42.6 Å². The molecule has 0 amide bonds. The second kappa shape index (κ2) is 11.3. The van der Waals surface area contributed by atoms with Crippen LogP contribution in [-0.2, 0) is 0 Å². The molecule has 0 aromatic carbocycles. The first-order valence-electron chi connectivity index (χ1n) is 13.2. The SMILES string of the molecule is CC1CCC(N2CC(C3CCCS3)NC2SCC2NNC(=S)N2CC2CCCCC2)CC1. The second-order valence-electron chi connectivity index (χ2n) is 10.9. The smallest absolute Gasteiger partial charge is 0.184 e. The molecular formula is C24H43N5S3. The zero-order chi connectivity index (χ0) is 21.9. The Kier molecular flexibility index (Phi) is 8.50. The lowest BCUT2D eigenvalue weighted by molar-refractivity contribution is 0.154. The highest BCUT2D eigenvalue weighted by Gasteiger charge is 2.42. The normalized spacial score (nSPS) is 39.7. The van der Waals surface area contributed by atoms with Crippen molar-refractivity contribution in [3.63, 3.8) is 0 Å². The number of hydrogen-bond acceptors (Lipinski definition) is 6. The summed E-state index contributed by atoms with van der Waals surface area (Å²) in [6, 6.07) is 1.43. The highest BCUT2D eigenvalue weighted by atomic mass is 32.2. The fraction of sp³-hybridized carbons (Fsp3) is 0.958. The highest BCUT2D eigenvalue weighted by molar-refractivity contribution is 8.00. The molecule has 3 saturated heterocycles. The molecule has 182 valence electrons. The van der Waals surface area contributed by atoms with Crippen LogP contribution in [0.2, 0.25) is 0 Å². The molecule has 0 aromatic heterocycles. The van der Waals surface area contributed by atoms with Gasteiger partial charge < -0.3 is 4.90 Å². The molecule has 0 radical (unpaired) electrons. The Hall–Kier alpha value is 0.270. The third kappa shape index (κ3) is 5.73. The maximum atomic E-state index is 5.68. The third-order valence-corrected chi connectivity index (χ3v) is 11.6. The van der Waals surface area contributed by atoms with Crippen LogP contribution in [-0.4, -0.2) is 68.5 Å². The predicted molar refractivity (Wildman–Crippen MR) is 143 cm³/mol. The molecule has 8 heteroatoms. The van der Waals surface area contributed by atoms with E-state index in [1.165, 1.54) is 82.9 Å². The molecule has 5 rings (SSSR count). The number of rotatable bonds is 7. The van der Waals surface area contributed by atoms with Crippen molar-refractivity contribution in [2.24, 2.45) is 11.8 Å². The summed E-state index contributed by atoms with van der Waals surface area (Å²) in [5, 5.41) is 5.81. The average molecular weight is 498 g/mol. The van der Waals surface area contributed by atoms with Crippen LogP contribution in [0.5, 0.6) is 0 Å². The van der Waals surface area contributed by atoms with E-state index in [9.17, 15) is 0 Å². The molecule has 0 aromatic rings. The van der Waals surface area contributed by atoms with E-state index < -0.39 is 0 Å². The van der Waals surface area contributed by atoms with Gasteiger partial charge in [0, 0.05) is 36.2 Å². The van der Waals surface area contributed by atoms with Crippen molar-refractivity contribution in [1.29, 1.82) is 0 Å². The molecule has 32 heavy (non-hydrogen) atoms. The Morgan fingerprint density at radius 2 is 1.84 bits per heavy atom. The maximum Gasteiger partial charge on any atom is 0.184 e. The summed E-state index contributed by atoms with van der Waals surface area (Å²) in [6.45, 7) is 4.80. The standard InChI is InChI=1S/C24H43N5S3/c1-17-9-11-19(12-10-17)28-15-20(21-8-5-13-31-21)25-24(28)32-16-22-26-27-23(30)29(22)14-18-6-3-2-4-7-18/h17-22,24-26H,2-16H2,1H3,(H,27,30). The quantitative estimate of drug-likeness (QED) is 0.449. The molecule has 2 aliphatic carbocycles. The molecule has 3 N–H and O–H groups in total. The van der Waals surface area contributed by atoms with Gasteiger partial charge in [0.05, 0.1) is 0 Å². The largest absolute Gasteiger partial charge is 0.330 e. The molecule has 4 atom stereocenters. The number of nitrogens with zero attached hydrogens (tertiary/aromatic N) is 2. The molecular weight excluding hydrogens is 455 g/mol. The monoisotopic (exact) mass is 497 g/mol. The van der Waals surface area contributed by atoms with Crippen LogP contribution in [0, 0.1) is 11.8 Å². The number of nitrogens with one attached hydrogen (secondary N) is 3. The van der Waals surface area contributed by atoms with E-state index in [-0.39, 0.29) is 0 Å². The van der Waals surface area contributed by atoms with Crippen LogP contribution in [0.3, 0.4) is 0 Å². The predicted octanol–water partition coefficient (Wildman–Crippen LogP) is 4.35. The fourth-order valence-electron chi connectivity index (χ4n) is 6.47. The van der Waals surface area contributed by atoms with Gasteiger partial charge in [0.15, 0.2) is 5.11 Å². The van der Waals surface area contributed by atoms with Gasteiger partial charge in [-0.3, -0.25) is 15.6 Å². The van der Waals surface area contributed by atoms with E-state index in [0.717, 1.165) is 40.5 Å². The fourth-order valence-corrected chi connectivity index (χ4v) is 9.44. The summed E-state index contributed by atoms with van der Waals surface area (Å²) in [5.41, 5.74) is 7.23. The molecule has 4 unspecified atom stereocenters. The zero-order valence-corrected chi connectivity index (χ0v) is 22.2. The summed E-state index contributed by atoms with van der Waals surface area (Å²) in [4.78, 5) is 5.30. The minimum absolute atomic E-state index is 0.310. The van der Waals surface area contributed by atoms with Crippen LogP contribution in [0.4, 0.5) is 0 Å². The first-order chi connectivity index (χ1) is 15.7. The lowest BCUT2D eigenvalue weighted by atomic mass is 9.86. The van der Waals surface area contributed by atoms with E-state index >= 15 is 0 Å². The number of hydrazine groups is 1. The van der Waals surface area contributed by atoms with Gasteiger partial charge in [-0.05, 0) is 81.2 Å². The summed E-state index contributed by atoms with van der Waals surface area (Å²) >= 11 is 10.0. The highest BCUT2D eigenvalue weighted by Crippen LogP contribution is 2.37. The van der Waals surface area contributed by atoms with Crippen molar-refractivity contribution in [2.75, 3.05) is 24.6 Å². The van der Waals surface area contributed by atoms with E-state index in [1.54, 1.807) is 0 Å². The van der Waals surface area contributed by atoms with Crippen molar-refractivity contribution in [2.45, 2.75) is 107 Å². The Labute approximate surface area is 209 Å². The van der Waals surface area contributed by atoms with Crippen molar-refractivity contribution >= 4 is 40.9 Å². The van der Waals surface area contributed by atoms with Crippen molar-refractivity contribution < 1.29 is 0 Å². The molecule has 5 fully saturated rings. The van der Waals surface area contributed by atoms with Gasteiger partial charge in [-0.1, -0.05) is 26.2 Å². The maximum absolute atomic E-state index is 5.68. The first-order valence-corrected chi connectivity index (χ1v) is 15.7. The molecule has 2 saturated carbocycles. The van der Waals surface area contributed by atoms with Gasteiger partial charge in [0.1, 0.15) is 11.7 Å². The van der Waals surface area contributed by atoms with E-state index in [2.05, 4.69) is 56.4 Å². The zero-order valence-electron chi connectivity index (χ0n) is 19.8. The van der Waals surface area contributed by atoms with E-state index in [4.69, 9.17) is 12.2 Å². The minimum atomic E-state index is 0.310. The van der Waals surface area contributed by atoms with Gasteiger partial charge in [0.2, 0.25) is 0 Å². The molecule has 3 heterocycles. The molecule has 0 bridgehead atoms. The van der Waals surface area contributed by atoms with Gasteiger partial charge in [-0.25, -0.2) is 5.43 Å². The van der Waals surface area contributed by atoms with Crippen molar-refractivity contribution in [3.8, 4) is 0 Å². The number of thioether (sulfide) groups is 2. The molecule has 5 nitrogen and oxygen atoms in total. The Morgan fingerprint density at radius 3 is 2.59 bits per heavy atom.